The minimum atomic E-state index is -3.39. The molecule has 0 aliphatic carbocycles. The molecule has 0 saturated carbocycles. The van der Waals surface area contributed by atoms with Crippen molar-refractivity contribution in [1.82, 2.24) is 19.9 Å². The number of hydrogen-bond acceptors (Lipinski definition) is 5. The number of nitrogens with one attached hydrogen (secondary N) is 1. The van der Waals surface area contributed by atoms with Gasteiger partial charge in [0.25, 0.3) is 0 Å². The summed E-state index contributed by atoms with van der Waals surface area (Å²) in [5, 5.41) is 8.51. The van der Waals surface area contributed by atoms with Gasteiger partial charge in [0, 0.05) is 12.2 Å². The summed E-state index contributed by atoms with van der Waals surface area (Å²) in [7, 11) is -3.39. The molecule has 0 radical (unpaired) electrons. The molecule has 3 aromatic rings. The third-order valence-corrected chi connectivity index (χ3v) is 6.09. The maximum atomic E-state index is 14.4. The van der Waals surface area contributed by atoms with Gasteiger partial charge in [-0.2, -0.15) is 0 Å². The second-order valence-corrected chi connectivity index (χ2v) is 9.80. The second-order valence-electron chi connectivity index (χ2n) is 8.05. The summed E-state index contributed by atoms with van der Waals surface area (Å²) in [5.41, 5.74) is 3.06. The molecule has 164 valence electrons. The number of sulfonamides is 1. The number of benzene rings is 2. The lowest BCUT2D eigenvalue weighted by atomic mass is 9.89. The first-order chi connectivity index (χ1) is 14.9. The predicted molar refractivity (Wildman–Crippen MR) is 118 cm³/mol. The molecule has 1 fully saturated rings. The van der Waals surface area contributed by atoms with Gasteiger partial charge in [0.15, 0.2) is 0 Å². The Morgan fingerprint density at radius 1 is 1.10 bits per heavy atom. The average molecular weight is 444 g/mol. The third kappa shape index (κ3) is 5.89. The van der Waals surface area contributed by atoms with Crippen molar-refractivity contribution in [3.63, 3.8) is 0 Å². The molecule has 0 amide bonds. The lowest BCUT2D eigenvalue weighted by molar-refractivity contribution is 0.201. The number of anilines is 1. The fourth-order valence-electron chi connectivity index (χ4n) is 4.02. The molecular weight excluding hydrogens is 417 g/mol. The van der Waals surface area contributed by atoms with E-state index in [0.29, 0.717) is 24.3 Å². The van der Waals surface area contributed by atoms with Crippen LogP contribution in [0.1, 0.15) is 35.6 Å². The van der Waals surface area contributed by atoms with E-state index in [-0.39, 0.29) is 11.7 Å². The summed E-state index contributed by atoms with van der Waals surface area (Å²) in [4.78, 5) is 2.30. The van der Waals surface area contributed by atoms with Crippen molar-refractivity contribution in [3.05, 3.63) is 77.4 Å². The first-order valence-electron chi connectivity index (χ1n) is 10.3. The van der Waals surface area contributed by atoms with Crippen LogP contribution in [0.3, 0.4) is 0 Å². The van der Waals surface area contributed by atoms with E-state index in [2.05, 4.69) is 32.1 Å². The molecule has 0 bridgehead atoms. The predicted octanol–water partition coefficient (Wildman–Crippen LogP) is 3.22. The summed E-state index contributed by atoms with van der Waals surface area (Å²) in [5.74, 6) is -0.229. The molecule has 0 atom stereocenters. The number of aromatic nitrogens is 3. The fraction of sp³-hybridized carbons (Fsp3) is 0.364. The van der Waals surface area contributed by atoms with Crippen LogP contribution in [0.5, 0.6) is 0 Å². The van der Waals surface area contributed by atoms with Gasteiger partial charge in [0.1, 0.15) is 5.82 Å². The van der Waals surface area contributed by atoms with Crippen molar-refractivity contribution in [2.24, 2.45) is 0 Å². The molecule has 0 spiro atoms. The van der Waals surface area contributed by atoms with Crippen molar-refractivity contribution < 1.29 is 12.8 Å². The van der Waals surface area contributed by atoms with Crippen LogP contribution in [0, 0.1) is 5.82 Å². The van der Waals surface area contributed by atoms with E-state index in [4.69, 9.17) is 0 Å². The van der Waals surface area contributed by atoms with Gasteiger partial charge in [-0.05, 0) is 61.2 Å². The van der Waals surface area contributed by atoms with Crippen LogP contribution < -0.4 is 4.72 Å². The SMILES string of the molecule is CS(=O)(=O)Nc1ccc(F)c(C2CCN(Cc3cn(Cc4ccccc4)nn3)CC2)c1. The summed E-state index contributed by atoms with van der Waals surface area (Å²) in [6, 6.07) is 14.5. The Morgan fingerprint density at radius 3 is 2.55 bits per heavy atom. The molecule has 9 heteroatoms. The highest BCUT2D eigenvalue weighted by atomic mass is 32.2. The van der Waals surface area contributed by atoms with E-state index in [0.717, 1.165) is 37.9 Å². The van der Waals surface area contributed by atoms with Crippen LogP contribution in [-0.2, 0) is 23.1 Å². The van der Waals surface area contributed by atoms with Crippen LogP contribution in [0.4, 0.5) is 10.1 Å². The van der Waals surface area contributed by atoms with Crippen LogP contribution in [-0.4, -0.2) is 47.7 Å². The first kappa shape index (κ1) is 21.5. The van der Waals surface area contributed by atoms with E-state index in [1.165, 1.54) is 17.7 Å². The Kier molecular flexibility index (Phi) is 6.33. The lowest BCUT2D eigenvalue weighted by Gasteiger charge is -2.31. The Morgan fingerprint density at radius 2 is 1.84 bits per heavy atom. The van der Waals surface area contributed by atoms with E-state index in [1.54, 1.807) is 6.07 Å². The van der Waals surface area contributed by atoms with Gasteiger partial charge in [-0.25, -0.2) is 17.5 Å². The van der Waals surface area contributed by atoms with Crippen LogP contribution in [0.25, 0.3) is 0 Å². The minimum absolute atomic E-state index is 0.0614. The van der Waals surface area contributed by atoms with E-state index >= 15 is 0 Å². The zero-order chi connectivity index (χ0) is 21.8. The van der Waals surface area contributed by atoms with Gasteiger partial charge in [-0.15, -0.1) is 5.10 Å². The molecule has 2 heterocycles. The van der Waals surface area contributed by atoms with Crippen molar-refractivity contribution in [2.75, 3.05) is 24.1 Å². The largest absolute Gasteiger partial charge is 0.297 e. The highest BCUT2D eigenvalue weighted by Crippen LogP contribution is 2.32. The highest BCUT2D eigenvalue weighted by Gasteiger charge is 2.24. The zero-order valence-corrected chi connectivity index (χ0v) is 18.2. The number of nitrogens with zero attached hydrogens (tertiary/aromatic N) is 4. The quantitative estimate of drug-likeness (QED) is 0.607. The number of rotatable bonds is 7. The smallest absolute Gasteiger partial charge is 0.229 e. The van der Waals surface area contributed by atoms with E-state index in [9.17, 15) is 12.8 Å². The standard InChI is InChI=1S/C22H26FN5O2S/c1-31(29,30)25-19-7-8-22(23)21(13-19)18-9-11-27(12-10-18)15-20-16-28(26-24-20)14-17-5-3-2-4-6-17/h2-8,13,16,18,25H,9-12,14-15H2,1H3. The molecule has 31 heavy (non-hydrogen) atoms. The fourth-order valence-corrected chi connectivity index (χ4v) is 4.58. The minimum Gasteiger partial charge on any atom is -0.297 e. The molecule has 1 aliphatic rings. The van der Waals surface area contributed by atoms with Gasteiger partial charge in [-0.1, -0.05) is 35.5 Å². The average Bonchev–Trinajstić information content (AvgIpc) is 3.16. The number of hydrogen-bond donors (Lipinski definition) is 1. The molecule has 7 nitrogen and oxygen atoms in total. The van der Waals surface area contributed by atoms with Crippen LogP contribution in [0.2, 0.25) is 0 Å². The Bertz CT molecular complexity index is 1130. The monoisotopic (exact) mass is 443 g/mol. The summed E-state index contributed by atoms with van der Waals surface area (Å²) in [6.07, 6.45) is 4.67. The van der Waals surface area contributed by atoms with Crippen molar-refractivity contribution in [2.45, 2.75) is 31.8 Å². The van der Waals surface area contributed by atoms with Gasteiger partial charge in [0.2, 0.25) is 10.0 Å². The topological polar surface area (TPSA) is 80.1 Å². The third-order valence-electron chi connectivity index (χ3n) is 5.49. The Hall–Kier alpha value is -2.78. The van der Waals surface area contributed by atoms with E-state index < -0.39 is 10.0 Å². The second kappa shape index (κ2) is 9.15. The molecule has 1 aromatic heterocycles. The summed E-state index contributed by atoms with van der Waals surface area (Å²) < 4.78 is 41.6. The van der Waals surface area contributed by atoms with Gasteiger partial charge in [0.05, 0.1) is 24.7 Å². The maximum absolute atomic E-state index is 14.4. The van der Waals surface area contributed by atoms with Gasteiger partial charge < -0.3 is 0 Å². The maximum Gasteiger partial charge on any atom is 0.229 e. The summed E-state index contributed by atoms with van der Waals surface area (Å²) >= 11 is 0. The molecular formula is C22H26FN5O2S. The number of halogens is 1. The Balaban J connectivity index is 1.34. The number of likely N-dealkylation sites (tertiary alicyclic amines) is 1. The Labute approximate surface area is 181 Å². The molecule has 4 rings (SSSR count). The normalized spacial score (nSPS) is 15.8. The molecule has 0 unspecified atom stereocenters. The first-order valence-corrected chi connectivity index (χ1v) is 12.2. The van der Waals surface area contributed by atoms with E-state index in [1.807, 2.05) is 29.1 Å². The summed E-state index contributed by atoms with van der Waals surface area (Å²) in [6.45, 7) is 3.03. The molecule has 1 N–H and O–H groups in total. The van der Waals surface area contributed by atoms with Crippen molar-refractivity contribution >= 4 is 15.7 Å². The number of piperidine rings is 1. The molecule has 1 saturated heterocycles. The van der Waals surface area contributed by atoms with Gasteiger partial charge in [-0.3, -0.25) is 9.62 Å². The van der Waals surface area contributed by atoms with Crippen molar-refractivity contribution in [1.29, 1.82) is 0 Å². The molecule has 1 aliphatic heterocycles. The zero-order valence-electron chi connectivity index (χ0n) is 17.4. The highest BCUT2D eigenvalue weighted by molar-refractivity contribution is 7.92. The molecule has 2 aromatic carbocycles. The van der Waals surface area contributed by atoms with Crippen LogP contribution >= 0.6 is 0 Å². The lowest BCUT2D eigenvalue weighted by Crippen LogP contribution is -2.32. The van der Waals surface area contributed by atoms with Crippen LogP contribution in [0.15, 0.2) is 54.7 Å². The van der Waals surface area contributed by atoms with Crippen molar-refractivity contribution in [3.8, 4) is 0 Å². The van der Waals surface area contributed by atoms with Gasteiger partial charge >= 0.3 is 0 Å².